The molecule has 90 valence electrons. The molecule has 17 heavy (non-hydrogen) atoms. The smallest absolute Gasteiger partial charge is 0.313 e. The van der Waals surface area contributed by atoms with E-state index in [1.807, 2.05) is 20.0 Å². The van der Waals surface area contributed by atoms with Crippen LogP contribution in [0.3, 0.4) is 0 Å². The highest BCUT2D eigenvalue weighted by Gasteiger charge is 2.12. The van der Waals surface area contributed by atoms with Gasteiger partial charge in [0.05, 0.1) is 17.1 Å². The molecule has 0 aliphatic heterocycles. The lowest BCUT2D eigenvalue weighted by Crippen LogP contribution is -1.96. The SMILES string of the molecule is Cc1cc(-c2nnc(SCC(=O)O)s2)n(C)n1. The van der Waals surface area contributed by atoms with Gasteiger partial charge < -0.3 is 5.11 Å². The Morgan fingerprint density at radius 2 is 2.35 bits per heavy atom. The molecule has 0 aromatic carbocycles. The molecule has 0 spiro atoms. The van der Waals surface area contributed by atoms with Crippen LogP contribution >= 0.6 is 23.1 Å². The van der Waals surface area contributed by atoms with Crippen molar-refractivity contribution in [2.45, 2.75) is 11.3 Å². The van der Waals surface area contributed by atoms with Crippen molar-refractivity contribution in [1.82, 2.24) is 20.0 Å². The van der Waals surface area contributed by atoms with Gasteiger partial charge in [-0.25, -0.2) is 0 Å². The summed E-state index contributed by atoms with van der Waals surface area (Å²) in [5.74, 6) is -0.859. The molecule has 2 rings (SSSR count). The number of hydrogen-bond acceptors (Lipinski definition) is 6. The number of carboxylic acid groups (broad SMARTS) is 1. The summed E-state index contributed by atoms with van der Waals surface area (Å²) in [4.78, 5) is 10.4. The van der Waals surface area contributed by atoms with Crippen molar-refractivity contribution in [3.63, 3.8) is 0 Å². The van der Waals surface area contributed by atoms with Gasteiger partial charge in [0.25, 0.3) is 0 Å². The molecule has 0 saturated carbocycles. The van der Waals surface area contributed by atoms with Gasteiger partial charge in [-0.05, 0) is 13.0 Å². The van der Waals surface area contributed by atoms with Gasteiger partial charge in [-0.2, -0.15) is 5.10 Å². The average molecular weight is 270 g/mol. The van der Waals surface area contributed by atoms with Crippen LogP contribution in [0.4, 0.5) is 0 Å². The van der Waals surface area contributed by atoms with Gasteiger partial charge in [0, 0.05) is 7.05 Å². The first-order chi connectivity index (χ1) is 8.06. The number of carboxylic acids is 1. The zero-order chi connectivity index (χ0) is 12.4. The first kappa shape index (κ1) is 12.1. The lowest BCUT2D eigenvalue weighted by atomic mass is 10.4. The summed E-state index contributed by atoms with van der Waals surface area (Å²) in [7, 11) is 1.84. The van der Waals surface area contributed by atoms with E-state index in [1.165, 1.54) is 23.1 Å². The maximum absolute atomic E-state index is 10.4. The van der Waals surface area contributed by atoms with Gasteiger partial charge in [-0.3, -0.25) is 9.48 Å². The molecule has 0 amide bonds. The molecular weight excluding hydrogens is 260 g/mol. The summed E-state index contributed by atoms with van der Waals surface area (Å²) in [6.45, 7) is 1.91. The van der Waals surface area contributed by atoms with Crippen molar-refractivity contribution in [3.05, 3.63) is 11.8 Å². The molecule has 8 heteroatoms. The Balaban J connectivity index is 2.18. The van der Waals surface area contributed by atoms with E-state index in [4.69, 9.17) is 5.11 Å². The lowest BCUT2D eigenvalue weighted by Gasteiger charge is -1.93. The van der Waals surface area contributed by atoms with Gasteiger partial charge in [0.1, 0.15) is 0 Å². The van der Waals surface area contributed by atoms with E-state index < -0.39 is 5.97 Å². The number of nitrogens with zero attached hydrogens (tertiary/aromatic N) is 4. The third-order valence-corrected chi connectivity index (χ3v) is 4.01. The summed E-state index contributed by atoms with van der Waals surface area (Å²) in [6.07, 6.45) is 0. The molecule has 0 aliphatic rings. The molecule has 6 nitrogen and oxygen atoms in total. The van der Waals surface area contributed by atoms with Crippen molar-refractivity contribution >= 4 is 29.1 Å². The number of hydrogen-bond donors (Lipinski definition) is 1. The third kappa shape index (κ3) is 2.83. The maximum Gasteiger partial charge on any atom is 0.313 e. The van der Waals surface area contributed by atoms with E-state index in [-0.39, 0.29) is 5.75 Å². The Labute approximate surface area is 106 Å². The quantitative estimate of drug-likeness (QED) is 0.846. The molecular formula is C9H10N4O2S2. The minimum absolute atomic E-state index is 0.000944. The van der Waals surface area contributed by atoms with Crippen LogP contribution in [0.15, 0.2) is 10.4 Å². The van der Waals surface area contributed by atoms with E-state index in [2.05, 4.69) is 15.3 Å². The minimum Gasteiger partial charge on any atom is -0.481 e. The van der Waals surface area contributed by atoms with E-state index in [0.29, 0.717) is 4.34 Å². The van der Waals surface area contributed by atoms with E-state index in [9.17, 15) is 4.79 Å². The molecule has 0 saturated heterocycles. The van der Waals surface area contributed by atoms with Gasteiger partial charge >= 0.3 is 5.97 Å². The van der Waals surface area contributed by atoms with Crippen LogP contribution in [0.25, 0.3) is 10.7 Å². The summed E-state index contributed by atoms with van der Waals surface area (Å²) in [5.41, 5.74) is 1.81. The van der Waals surface area contributed by atoms with Crippen LogP contribution in [0, 0.1) is 6.92 Å². The van der Waals surface area contributed by atoms with Crippen molar-refractivity contribution in [1.29, 1.82) is 0 Å². The zero-order valence-corrected chi connectivity index (χ0v) is 10.9. The fourth-order valence-corrected chi connectivity index (χ4v) is 2.92. The van der Waals surface area contributed by atoms with E-state index in [1.54, 1.807) is 4.68 Å². The fourth-order valence-electron chi connectivity index (χ4n) is 1.31. The second-order valence-corrected chi connectivity index (χ2v) is 5.55. The van der Waals surface area contributed by atoms with Gasteiger partial charge in [0.15, 0.2) is 9.35 Å². The Morgan fingerprint density at radius 3 is 2.94 bits per heavy atom. The molecule has 0 atom stereocenters. The van der Waals surface area contributed by atoms with Crippen molar-refractivity contribution < 1.29 is 9.90 Å². The Bertz CT molecular complexity index is 549. The number of aryl methyl sites for hydroxylation is 2. The highest BCUT2D eigenvalue weighted by atomic mass is 32.2. The van der Waals surface area contributed by atoms with Gasteiger partial charge in [-0.1, -0.05) is 23.1 Å². The molecule has 0 radical (unpaired) electrons. The maximum atomic E-state index is 10.4. The van der Waals surface area contributed by atoms with Crippen LogP contribution in [-0.4, -0.2) is 36.8 Å². The van der Waals surface area contributed by atoms with Gasteiger partial charge in [0.2, 0.25) is 0 Å². The Hall–Kier alpha value is -1.41. The minimum atomic E-state index is -0.858. The van der Waals surface area contributed by atoms with Crippen LogP contribution in [-0.2, 0) is 11.8 Å². The number of carbonyl (C=O) groups is 1. The topological polar surface area (TPSA) is 80.9 Å². The Kier molecular flexibility index (Phi) is 3.43. The fraction of sp³-hybridized carbons (Fsp3) is 0.333. The summed E-state index contributed by atoms with van der Waals surface area (Å²) in [5, 5.41) is 21.5. The third-order valence-electron chi connectivity index (χ3n) is 1.95. The first-order valence-corrected chi connectivity index (χ1v) is 6.55. The Morgan fingerprint density at radius 1 is 1.59 bits per heavy atom. The average Bonchev–Trinajstić information content (AvgIpc) is 2.82. The molecule has 2 aromatic rings. The largest absolute Gasteiger partial charge is 0.481 e. The van der Waals surface area contributed by atoms with Crippen LogP contribution < -0.4 is 0 Å². The zero-order valence-electron chi connectivity index (χ0n) is 9.25. The van der Waals surface area contributed by atoms with Crippen molar-refractivity contribution in [3.8, 4) is 10.7 Å². The van der Waals surface area contributed by atoms with Crippen molar-refractivity contribution in [2.24, 2.45) is 7.05 Å². The van der Waals surface area contributed by atoms with Crippen molar-refractivity contribution in [2.75, 3.05) is 5.75 Å². The van der Waals surface area contributed by atoms with Crippen LogP contribution in [0.1, 0.15) is 5.69 Å². The van der Waals surface area contributed by atoms with E-state index >= 15 is 0 Å². The second kappa shape index (κ2) is 4.84. The molecule has 2 heterocycles. The normalized spacial score (nSPS) is 10.7. The lowest BCUT2D eigenvalue weighted by molar-refractivity contribution is -0.133. The highest BCUT2D eigenvalue weighted by Crippen LogP contribution is 2.29. The first-order valence-electron chi connectivity index (χ1n) is 4.75. The highest BCUT2D eigenvalue weighted by molar-refractivity contribution is 8.01. The van der Waals surface area contributed by atoms with Crippen LogP contribution in [0.2, 0.25) is 0 Å². The molecule has 0 bridgehead atoms. The second-order valence-electron chi connectivity index (χ2n) is 3.35. The summed E-state index contributed by atoms with van der Waals surface area (Å²) >= 11 is 2.54. The summed E-state index contributed by atoms with van der Waals surface area (Å²) < 4.78 is 2.39. The molecule has 1 N–H and O–H groups in total. The van der Waals surface area contributed by atoms with Gasteiger partial charge in [-0.15, -0.1) is 10.2 Å². The predicted octanol–water partition coefficient (Wildman–Crippen LogP) is 1.42. The van der Waals surface area contributed by atoms with Crippen LogP contribution in [0.5, 0.6) is 0 Å². The standard InChI is InChI=1S/C9H10N4O2S2/c1-5-3-6(13(2)12-5)8-10-11-9(17-8)16-4-7(14)15/h3H,4H2,1-2H3,(H,14,15). The number of rotatable bonds is 4. The molecule has 0 fully saturated rings. The number of aromatic nitrogens is 4. The number of thioether (sulfide) groups is 1. The monoisotopic (exact) mass is 270 g/mol. The van der Waals surface area contributed by atoms with E-state index in [0.717, 1.165) is 16.4 Å². The molecule has 0 unspecified atom stereocenters. The molecule has 2 aromatic heterocycles. The molecule has 0 aliphatic carbocycles. The summed E-state index contributed by atoms with van der Waals surface area (Å²) in [6, 6.07) is 1.92. The predicted molar refractivity (Wildman–Crippen MR) is 65.2 cm³/mol. The number of aliphatic carboxylic acids is 1.